The number of hydrogen-bond donors (Lipinski definition) is 0. The standard InChI is InChI=1S/C5H8NO2.Ir.H2N/c1-3-5(7)8-4(2)6;;/h3-4,6H,1H2,2H3;;1H2/q-1;;-1. The summed E-state index contributed by atoms with van der Waals surface area (Å²) < 4.78 is 4.31. The Bertz CT molecular complexity index is 106. The van der Waals surface area contributed by atoms with Crippen molar-refractivity contribution in [2.24, 2.45) is 0 Å². The molecule has 0 aromatic heterocycles. The molecule has 0 aliphatic rings. The first-order chi connectivity index (χ1) is 3.66. The van der Waals surface area contributed by atoms with Gasteiger partial charge in [0.25, 0.3) is 0 Å². The minimum atomic E-state index is -0.791. The fourth-order valence-corrected chi connectivity index (χ4v) is 0.222. The Morgan fingerprint density at radius 3 is 2.30 bits per heavy atom. The molecule has 0 fully saturated rings. The molecule has 0 aliphatic heterocycles. The molecule has 0 aromatic rings. The van der Waals surface area contributed by atoms with Crippen LogP contribution in [0, 0.1) is 0 Å². The van der Waals surface area contributed by atoms with E-state index in [1.54, 1.807) is 0 Å². The topological polar surface area (TPSA) is 83.6 Å². The number of carbonyl (C=O) groups is 1. The van der Waals surface area contributed by atoms with E-state index in [-0.39, 0.29) is 26.3 Å². The van der Waals surface area contributed by atoms with Crippen molar-refractivity contribution in [3.8, 4) is 0 Å². The molecule has 1 radical (unpaired) electrons. The number of rotatable bonds is 2. The molecule has 0 aromatic carbocycles. The second kappa shape index (κ2) is 8.78. The molecule has 4 nitrogen and oxygen atoms in total. The second-order valence-electron chi connectivity index (χ2n) is 1.28. The summed E-state index contributed by atoms with van der Waals surface area (Å²) in [6, 6.07) is 0. The molecule has 0 rings (SSSR count). The van der Waals surface area contributed by atoms with Gasteiger partial charge in [-0.3, -0.25) is 0 Å². The summed E-state index contributed by atoms with van der Waals surface area (Å²) in [5.74, 6) is -0.549. The van der Waals surface area contributed by atoms with E-state index in [1.165, 1.54) is 6.92 Å². The van der Waals surface area contributed by atoms with E-state index >= 15 is 0 Å². The Hall–Kier alpha value is -0.221. The quantitative estimate of drug-likeness (QED) is 0.574. The minimum absolute atomic E-state index is 0. The van der Waals surface area contributed by atoms with Crippen molar-refractivity contribution >= 4 is 5.97 Å². The third-order valence-electron chi connectivity index (χ3n) is 0.460. The smallest absolute Gasteiger partial charge is 0.328 e. The van der Waals surface area contributed by atoms with Crippen molar-refractivity contribution in [1.29, 1.82) is 0 Å². The van der Waals surface area contributed by atoms with Crippen molar-refractivity contribution in [1.82, 2.24) is 0 Å². The van der Waals surface area contributed by atoms with Crippen LogP contribution in [0.3, 0.4) is 0 Å². The monoisotopic (exact) mass is 323 g/mol. The number of esters is 1. The van der Waals surface area contributed by atoms with Crippen LogP contribution in [-0.2, 0) is 29.6 Å². The number of carbonyl (C=O) groups excluding carboxylic acids is 1. The van der Waals surface area contributed by atoms with Gasteiger partial charge in [-0.15, -0.1) is 0 Å². The first-order valence-corrected chi connectivity index (χ1v) is 2.21. The maximum atomic E-state index is 10.2. The fourth-order valence-electron chi connectivity index (χ4n) is 0.222. The summed E-state index contributed by atoms with van der Waals surface area (Å²) in [5.41, 5.74) is 6.72. The SMILES string of the molecule is C=CC(=O)OC(C)[NH-].[Ir].[NH2-]. The van der Waals surface area contributed by atoms with Crippen LogP contribution in [0.4, 0.5) is 0 Å². The number of hydrogen-bond acceptors (Lipinski definition) is 2. The van der Waals surface area contributed by atoms with Crippen LogP contribution < -0.4 is 0 Å². The Balaban J connectivity index is -0.000000245. The van der Waals surface area contributed by atoms with Crippen LogP contribution in [-0.4, -0.2) is 12.2 Å². The Morgan fingerprint density at radius 1 is 1.80 bits per heavy atom. The average Bonchev–Trinajstić information content (AvgIpc) is 1.65. The van der Waals surface area contributed by atoms with Crippen LogP contribution in [0.15, 0.2) is 12.7 Å². The molecule has 0 saturated heterocycles. The molecule has 1 unspecified atom stereocenters. The van der Waals surface area contributed by atoms with Crippen LogP contribution in [0.2, 0.25) is 0 Å². The summed E-state index contributed by atoms with van der Waals surface area (Å²) in [6.07, 6.45) is 0.242. The molecular weight excluding hydrogens is 312 g/mol. The first-order valence-electron chi connectivity index (χ1n) is 2.21. The van der Waals surface area contributed by atoms with Crippen LogP contribution in [0.1, 0.15) is 6.92 Å². The third-order valence-corrected chi connectivity index (χ3v) is 0.460. The average molecular weight is 322 g/mol. The van der Waals surface area contributed by atoms with Crippen LogP contribution in [0.5, 0.6) is 0 Å². The van der Waals surface area contributed by atoms with E-state index < -0.39 is 12.2 Å². The van der Waals surface area contributed by atoms with Crippen LogP contribution >= 0.6 is 0 Å². The third kappa shape index (κ3) is 10.7. The van der Waals surface area contributed by atoms with Gasteiger partial charge >= 0.3 is 5.97 Å². The first kappa shape index (κ1) is 16.4. The van der Waals surface area contributed by atoms with Crippen molar-refractivity contribution in [3.63, 3.8) is 0 Å². The minimum Gasteiger partial charge on any atom is -0.693 e. The summed E-state index contributed by atoms with van der Waals surface area (Å²) in [6.45, 7) is 4.62. The second-order valence-corrected chi connectivity index (χ2v) is 1.28. The van der Waals surface area contributed by atoms with Gasteiger partial charge in [-0.25, -0.2) is 4.79 Å². The molecular formula is C5H10IrN2O2-2. The van der Waals surface area contributed by atoms with Gasteiger partial charge < -0.3 is 16.6 Å². The van der Waals surface area contributed by atoms with E-state index in [1.807, 2.05) is 0 Å². The van der Waals surface area contributed by atoms with Crippen LogP contribution in [0.25, 0.3) is 11.9 Å². The van der Waals surface area contributed by atoms with Gasteiger partial charge in [-0.2, -0.15) is 0 Å². The largest absolute Gasteiger partial charge is 0.693 e. The van der Waals surface area contributed by atoms with E-state index in [4.69, 9.17) is 5.73 Å². The molecule has 63 valence electrons. The zero-order chi connectivity index (χ0) is 6.57. The van der Waals surface area contributed by atoms with Gasteiger partial charge in [-0.05, 0) is 6.92 Å². The summed E-state index contributed by atoms with van der Waals surface area (Å²) in [4.78, 5) is 10.2. The molecule has 0 saturated carbocycles. The zero-order valence-corrected chi connectivity index (χ0v) is 7.98. The van der Waals surface area contributed by atoms with Gasteiger partial charge in [0.15, 0.2) is 0 Å². The van der Waals surface area contributed by atoms with Crippen molar-refractivity contribution in [2.75, 3.05) is 0 Å². The maximum Gasteiger partial charge on any atom is 0.328 e. The van der Waals surface area contributed by atoms with Crippen molar-refractivity contribution in [2.45, 2.75) is 13.2 Å². The summed E-state index contributed by atoms with van der Waals surface area (Å²) in [5, 5.41) is 0. The van der Waals surface area contributed by atoms with Gasteiger partial charge in [0.1, 0.15) is 0 Å². The number of nitrogens with two attached hydrogens (primary N) is 1. The molecule has 0 heterocycles. The predicted molar refractivity (Wildman–Crippen MR) is 35.4 cm³/mol. The molecule has 10 heavy (non-hydrogen) atoms. The Kier molecular flexibility index (Phi) is 14.4. The fraction of sp³-hybridized carbons (Fsp3) is 0.400. The maximum absolute atomic E-state index is 10.2. The molecule has 0 amide bonds. The molecule has 0 spiro atoms. The van der Waals surface area contributed by atoms with Crippen molar-refractivity contribution < 1.29 is 29.6 Å². The molecule has 3 N–H and O–H groups in total. The molecule has 1 atom stereocenters. The van der Waals surface area contributed by atoms with Gasteiger partial charge in [0.05, 0.1) is 0 Å². The van der Waals surface area contributed by atoms with Gasteiger partial charge in [-0.1, -0.05) is 6.58 Å². The Labute approximate surface area is 73.7 Å². The van der Waals surface area contributed by atoms with E-state index in [0.717, 1.165) is 6.08 Å². The zero-order valence-electron chi connectivity index (χ0n) is 5.59. The van der Waals surface area contributed by atoms with E-state index in [0.29, 0.717) is 0 Å². The summed E-state index contributed by atoms with van der Waals surface area (Å²) >= 11 is 0. The van der Waals surface area contributed by atoms with Gasteiger partial charge in [0, 0.05) is 32.4 Å². The summed E-state index contributed by atoms with van der Waals surface area (Å²) in [7, 11) is 0. The van der Waals surface area contributed by atoms with E-state index in [2.05, 4.69) is 11.3 Å². The normalized spacial score (nSPS) is 9.80. The molecule has 0 bridgehead atoms. The molecule has 5 heteroatoms. The Morgan fingerprint density at radius 2 is 2.20 bits per heavy atom. The number of nitrogens with one attached hydrogen (secondary N) is 1. The van der Waals surface area contributed by atoms with Crippen molar-refractivity contribution in [3.05, 3.63) is 24.5 Å². The number of ether oxygens (including phenoxy) is 1. The van der Waals surface area contributed by atoms with Gasteiger partial charge in [0.2, 0.25) is 0 Å². The predicted octanol–water partition coefficient (Wildman–Crippen LogP) is 1.83. The molecule has 0 aliphatic carbocycles. The van der Waals surface area contributed by atoms with E-state index in [9.17, 15) is 4.79 Å².